The highest BCUT2D eigenvalue weighted by molar-refractivity contribution is 5.82. The number of nitrogens with one attached hydrogen (secondary N) is 1. The zero-order valence-corrected chi connectivity index (χ0v) is 10.0. The molecule has 4 nitrogen and oxygen atoms in total. The molecule has 1 aromatic carbocycles. The number of hydrogen-bond donors (Lipinski definition) is 2. The predicted molar refractivity (Wildman–Crippen MR) is 65.2 cm³/mol. The summed E-state index contributed by atoms with van der Waals surface area (Å²) in [5.74, 6) is -1.78. The molecule has 1 aliphatic carbocycles. The lowest BCUT2D eigenvalue weighted by molar-refractivity contribution is -0.119. The molecule has 1 amide bonds. The third-order valence-corrected chi connectivity index (χ3v) is 2.74. The molecule has 0 radical (unpaired) electrons. The Hall–Kier alpha value is -1.85. The Morgan fingerprint density at radius 2 is 2.00 bits per heavy atom. The highest BCUT2D eigenvalue weighted by Gasteiger charge is 2.24. The first kappa shape index (κ1) is 12.6. The SMILES string of the molecule is CN(CC(=O)NC1CC1)c1c(F)cc(N)cc1F. The minimum atomic E-state index is -0.769. The van der Waals surface area contributed by atoms with Gasteiger partial charge in [-0.1, -0.05) is 0 Å². The number of carbonyl (C=O) groups excluding carboxylic acids is 1. The molecule has 1 aromatic rings. The van der Waals surface area contributed by atoms with Crippen LogP contribution in [-0.2, 0) is 4.79 Å². The molecular formula is C12H15F2N3O. The van der Waals surface area contributed by atoms with Gasteiger partial charge in [0.2, 0.25) is 5.91 Å². The zero-order valence-electron chi connectivity index (χ0n) is 10.0. The number of benzene rings is 1. The Morgan fingerprint density at radius 3 is 2.50 bits per heavy atom. The van der Waals surface area contributed by atoms with Gasteiger partial charge in [-0.05, 0) is 25.0 Å². The summed E-state index contributed by atoms with van der Waals surface area (Å²) in [7, 11) is 1.46. The minimum absolute atomic E-state index is 0.0181. The van der Waals surface area contributed by atoms with Crippen LogP contribution in [0, 0.1) is 11.6 Å². The monoisotopic (exact) mass is 255 g/mol. The maximum atomic E-state index is 13.6. The normalized spacial score (nSPS) is 14.4. The second-order valence-corrected chi connectivity index (χ2v) is 4.53. The van der Waals surface area contributed by atoms with Gasteiger partial charge < -0.3 is 16.0 Å². The molecule has 1 fully saturated rings. The summed E-state index contributed by atoms with van der Waals surface area (Å²) in [6.45, 7) is -0.0890. The van der Waals surface area contributed by atoms with E-state index in [1.165, 1.54) is 11.9 Å². The summed E-state index contributed by atoms with van der Waals surface area (Å²) in [6, 6.07) is 2.30. The molecule has 0 aliphatic heterocycles. The first-order chi connectivity index (χ1) is 8.47. The van der Waals surface area contributed by atoms with Crippen molar-refractivity contribution in [3.05, 3.63) is 23.8 Å². The van der Waals surface area contributed by atoms with E-state index in [1.54, 1.807) is 0 Å². The molecule has 0 atom stereocenters. The van der Waals surface area contributed by atoms with Crippen molar-refractivity contribution >= 4 is 17.3 Å². The second kappa shape index (κ2) is 4.80. The Balaban J connectivity index is 2.07. The van der Waals surface area contributed by atoms with Gasteiger partial charge in [0.15, 0.2) is 11.6 Å². The molecule has 98 valence electrons. The maximum Gasteiger partial charge on any atom is 0.239 e. The van der Waals surface area contributed by atoms with Crippen LogP contribution in [-0.4, -0.2) is 25.5 Å². The average Bonchev–Trinajstić information content (AvgIpc) is 2.98. The fourth-order valence-corrected chi connectivity index (χ4v) is 1.75. The van der Waals surface area contributed by atoms with Crippen LogP contribution in [0.2, 0.25) is 0 Å². The first-order valence-corrected chi connectivity index (χ1v) is 5.72. The van der Waals surface area contributed by atoms with E-state index in [0.29, 0.717) is 0 Å². The summed E-state index contributed by atoms with van der Waals surface area (Å²) >= 11 is 0. The van der Waals surface area contributed by atoms with Gasteiger partial charge in [0.1, 0.15) is 5.69 Å². The van der Waals surface area contributed by atoms with Crippen molar-refractivity contribution in [1.82, 2.24) is 5.32 Å². The van der Waals surface area contributed by atoms with Crippen LogP contribution >= 0.6 is 0 Å². The van der Waals surface area contributed by atoms with Crippen molar-refractivity contribution in [3.8, 4) is 0 Å². The molecule has 0 saturated heterocycles. The van der Waals surface area contributed by atoms with E-state index in [2.05, 4.69) is 5.32 Å². The van der Waals surface area contributed by atoms with E-state index < -0.39 is 11.6 Å². The van der Waals surface area contributed by atoms with Gasteiger partial charge in [-0.15, -0.1) is 0 Å². The van der Waals surface area contributed by atoms with Crippen LogP contribution in [0.1, 0.15) is 12.8 Å². The number of nitrogens with zero attached hydrogens (tertiary/aromatic N) is 1. The van der Waals surface area contributed by atoms with Gasteiger partial charge in [-0.2, -0.15) is 0 Å². The van der Waals surface area contributed by atoms with Crippen LogP contribution in [0.3, 0.4) is 0 Å². The molecule has 0 bridgehead atoms. The standard InChI is InChI=1S/C12H15F2N3O/c1-17(6-11(18)16-8-2-3-8)12-9(13)4-7(15)5-10(12)14/h4-5,8H,2-3,6,15H2,1H3,(H,16,18). The van der Waals surface area contributed by atoms with Gasteiger partial charge in [0, 0.05) is 18.8 Å². The van der Waals surface area contributed by atoms with Crippen LogP contribution in [0.25, 0.3) is 0 Å². The minimum Gasteiger partial charge on any atom is -0.399 e. The lowest BCUT2D eigenvalue weighted by Gasteiger charge is -2.20. The lowest BCUT2D eigenvalue weighted by Crippen LogP contribution is -2.36. The average molecular weight is 255 g/mol. The van der Waals surface area contributed by atoms with Crippen molar-refractivity contribution < 1.29 is 13.6 Å². The Bertz CT molecular complexity index is 451. The van der Waals surface area contributed by atoms with Gasteiger partial charge in [0.05, 0.1) is 6.54 Å². The van der Waals surface area contributed by atoms with Crippen molar-refractivity contribution in [3.63, 3.8) is 0 Å². The Kier molecular flexibility index (Phi) is 3.36. The summed E-state index contributed by atoms with van der Waals surface area (Å²) in [6.07, 6.45) is 1.94. The Morgan fingerprint density at radius 1 is 1.44 bits per heavy atom. The van der Waals surface area contributed by atoms with Crippen molar-refractivity contribution in [2.75, 3.05) is 24.2 Å². The van der Waals surface area contributed by atoms with E-state index in [4.69, 9.17) is 5.73 Å². The van der Waals surface area contributed by atoms with Crippen molar-refractivity contribution in [2.24, 2.45) is 0 Å². The molecule has 0 spiro atoms. The smallest absolute Gasteiger partial charge is 0.239 e. The van der Waals surface area contributed by atoms with Gasteiger partial charge in [0.25, 0.3) is 0 Å². The highest BCUT2D eigenvalue weighted by Crippen LogP contribution is 2.25. The van der Waals surface area contributed by atoms with E-state index in [-0.39, 0.29) is 29.9 Å². The summed E-state index contributed by atoms with van der Waals surface area (Å²) in [5, 5.41) is 2.75. The topological polar surface area (TPSA) is 58.4 Å². The lowest BCUT2D eigenvalue weighted by atomic mass is 10.2. The second-order valence-electron chi connectivity index (χ2n) is 4.53. The fraction of sp³-hybridized carbons (Fsp3) is 0.417. The van der Waals surface area contributed by atoms with Crippen LogP contribution < -0.4 is 16.0 Å². The molecule has 3 N–H and O–H groups in total. The van der Waals surface area contributed by atoms with Crippen molar-refractivity contribution in [2.45, 2.75) is 18.9 Å². The Labute approximate surface area is 104 Å². The van der Waals surface area contributed by atoms with E-state index in [1.807, 2.05) is 0 Å². The summed E-state index contributed by atoms with van der Waals surface area (Å²) < 4.78 is 27.2. The number of anilines is 2. The van der Waals surface area contributed by atoms with Gasteiger partial charge in [-0.3, -0.25) is 4.79 Å². The number of amides is 1. The molecule has 0 unspecified atom stereocenters. The molecule has 0 heterocycles. The van der Waals surface area contributed by atoms with Crippen LogP contribution in [0.15, 0.2) is 12.1 Å². The number of nitrogens with two attached hydrogens (primary N) is 1. The molecule has 18 heavy (non-hydrogen) atoms. The molecule has 1 aliphatic rings. The largest absolute Gasteiger partial charge is 0.399 e. The molecule has 2 rings (SSSR count). The van der Waals surface area contributed by atoms with E-state index in [0.717, 1.165) is 25.0 Å². The number of hydrogen-bond acceptors (Lipinski definition) is 3. The summed E-state index contributed by atoms with van der Waals surface area (Å²) in [4.78, 5) is 12.8. The van der Waals surface area contributed by atoms with E-state index in [9.17, 15) is 13.6 Å². The highest BCUT2D eigenvalue weighted by atomic mass is 19.1. The molecule has 1 saturated carbocycles. The number of nitrogen functional groups attached to an aromatic ring is 1. The third kappa shape index (κ3) is 2.88. The number of halogens is 2. The summed E-state index contributed by atoms with van der Waals surface area (Å²) in [5.41, 5.74) is 5.10. The first-order valence-electron chi connectivity index (χ1n) is 5.72. The number of likely N-dealkylation sites (N-methyl/N-ethyl adjacent to an activating group) is 1. The molecule has 6 heteroatoms. The number of carbonyl (C=O) groups is 1. The van der Waals surface area contributed by atoms with Crippen molar-refractivity contribution in [1.29, 1.82) is 0 Å². The number of rotatable bonds is 4. The molecule has 0 aromatic heterocycles. The fourth-order valence-electron chi connectivity index (χ4n) is 1.75. The predicted octanol–water partition coefficient (Wildman–Crippen LogP) is 1.26. The van der Waals surface area contributed by atoms with E-state index >= 15 is 0 Å². The molecular weight excluding hydrogens is 240 g/mol. The van der Waals surface area contributed by atoms with Crippen LogP contribution in [0.5, 0.6) is 0 Å². The van der Waals surface area contributed by atoms with Crippen LogP contribution in [0.4, 0.5) is 20.2 Å². The zero-order chi connectivity index (χ0) is 13.3. The maximum absolute atomic E-state index is 13.6. The van der Waals surface area contributed by atoms with Gasteiger partial charge in [-0.25, -0.2) is 8.78 Å². The van der Waals surface area contributed by atoms with Gasteiger partial charge >= 0.3 is 0 Å². The third-order valence-electron chi connectivity index (χ3n) is 2.74. The quantitative estimate of drug-likeness (QED) is 0.796.